The van der Waals surface area contributed by atoms with Gasteiger partial charge in [-0.3, -0.25) is 14.7 Å². The number of piperidine rings is 1. The zero-order valence-corrected chi connectivity index (χ0v) is 15.0. The number of carbonyl (C=O) groups is 1. The fourth-order valence-electron chi connectivity index (χ4n) is 4.02. The Labute approximate surface area is 153 Å². The first-order valence-corrected chi connectivity index (χ1v) is 9.12. The van der Waals surface area contributed by atoms with Gasteiger partial charge in [-0.2, -0.15) is 0 Å². The highest BCUT2D eigenvalue weighted by atomic mass is 16.5. The van der Waals surface area contributed by atoms with Crippen LogP contribution in [0.2, 0.25) is 0 Å². The van der Waals surface area contributed by atoms with E-state index in [0.29, 0.717) is 24.1 Å². The molecule has 2 aromatic heterocycles. The number of hydrogen-bond donors (Lipinski definition) is 0. The highest BCUT2D eigenvalue weighted by Crippen LogP contribution is 2.38. The molecule has 0 unspecified atom stereocenters. The monoisotopic (exact) mass is 352 g/mol. The molecule has 0 N–H and O–H groups in total. The van der Waals surface area contributed by atoms with Gasteiger partial charge in [0.25, 0.3) is 5.91 Å². The number of amides is 1. The largest absolute Gasteiger partial charge is 0.477 e. The molecule has 2 aromatic rings. The van der Waals surface area contributed by atoms with Crippen LogP contribution in [0.1, 0.15) is 23.3 Å². The zero-order chi connectivity index (χ0) is 18.0. The molecule has 6 nitrogen and oxygen atoms in total. The zero-order valence-electron chi connectivity index (χ0n) is 15.0. The number of carbonyl (C=O) groups excluding carboxylic acids is 1. The minimum atomic E-state index is 0.0245. The predicted molar refractivity (Wildman–Crippen MR) is 98.0 cm³/mol. The number of likely N-dealkylation sites (tertiary alicyclic amines) is 2. The smallest absolute Gasteiger partial charge is 0.272 e. The molecular weight excluding hydrogens is 328 g/mol. The minimum Gasteiger partial charge on any atom is -0.477 e. The van der Waals surface area contributed by atoms with Crippen molar-refractivity contribution >= 4 is 5.91 Å². The van der Waals surface area contributed by atoms with Crippen LogP contribution in [0.15, 0.2) is 48.8 Å². The van der Waals surface area contributed by atoms with Gasteiger partial charge >= 0.3 is 0 Å². The quantitative estimate of drug-likeness (QED) is 0.843. The lowest BCUT2D eigenvalue weighted by molar-refractivity contribution is -0.0697. The fraction of sp³-hybridized carbons (Fsp3) is 0.450. The molecule has 1 spiro atoms. The average molecular weight is 352 g/mol. The molecule has 0 radical (unpaired) electrons. The van der Waals surface area contributed by atoms with Crippen LogP contribution in [-0.4, -0.2) is 64.5 Å². The van der Waals surface area contributed by atoms with Gasteiger partial charge in [0, 0.05) is 31.5 Å². The summed E-state index contributed by atoms with van der Waals surface area (Å²) in [4.78, 5) is 25.3. The number of nitrogens with zero attached hydrogens (tertiary/aromatic N) is 4. The summed E-state index contributed by atoms with van der Waals surface area (Å²) >= 11 is 0. The lowest BCUT2D eigenvalue weighted by Gasteiger charge is -2.58. The third-order valence-electron chi connectivity index (χ3n) is 5.60. The molecule has 1 amide bonds. The third kappa shape index (κ3) is 3.29. The molecule has 0 bridgehead atoms. The highest BCUT2D eigenvalue weighted by molar-refractivity contribution is 5.93. The number of pyridine rings is 2. The molecule has 2 saturated heterocycles. The first kappa shape index (κ1) is 17.0. The molecular formula is C20H24N4O2. The summed E-state index contributed by atoms with van der Waals surface area (Å²) in [7, 11) is 2.17. The Morgan fingerprint density at radius 3 is 2.65 bits per heavy atom. The van der Waals surface area contributed by atoms with Crippen molar-refractivity contribution in [1.82, 2.24) is 19.8 Å². The van der Waals surface area contributed by atoms with Crippen molar-refractivity contribution < 1.29 is 9.53 Å². The number of likely N-dealkylation sites (N-methyl/N-ethyl adjacent to an activating group) is 1. The maximum Gasteiger partial charge on any atom is 0.272 e. The van der Waals surface area contributed by atoms with E-state index in [0.717, 1.165) is 32.5 Å². The molecule has 2 fully saturated rings. The maximum atomic E-state index is 12.6. The lowest BCUT2D eigenvalue weighted by Crippen LogP contribution is -2.72. The van der Waals surface area contributed by atoms with Gasteiger partial charge in [0.1, 0.15) is 5.69 Å². The van der Waals surface area contributed by atoms with E-state index in [-0.39, 0.29) is 11.4 Å². The second-order valence-corrected chi connectivity index (χ2v) is 7.36. The fourth-order valence-corrected chi connectivity index (χ4v) is 4.02. The standard InChI is InChI=1S/C20H24N4O2/c1-23-11-8-16(13-26-18-7-3-5-10-22-18)12-20(23)14-24(15-20)19(25)17-6-2-4-9-21-17/h2-7,9-10,16H,8,11-15H2,1H3/t16-/m0/s1. The minimum absolute atomic E-state index is 0.0245. The van der Waals surface area contributed by atoms with E-state index in [9.17, 15) is 4.79 Å². The summed E-state index contributed by atoms with van der Waals surface area (Å²) in [6, 6.07) is 11.2. The number of aromatic nitrogens is 2. The Kier molecular flexibility index (Phi) is 4.59. The average Bonchev–Trinajstić information content (AvgIpc) is 2.67. The second kappa shape index (κ2) is 7.03. The van der Waals surface area contributed by atoms with Crippen molar-refractivity contribution in [2.24, 2.45) is 5.92 Å². The Bertz CT molecular complexity index is 747. The van der Waals surface area contributed by atoms with Gasteiger partial charge in [-0.15, -0.1) is 0 Å². The van der Waals surface area contributed by atoms with Gasteiger partial charge in [-0.05, 0) is 50.6 Å². The van der Waals surface area contributed by atoms with Crippen molar-refractivity contribution in [1.29, 1.82) is 0 Å². The van der Waals surface area contributed by atoms with Gasteiger partial charge in [-0.1, -0.05) is 12.1 Å². The van der Waals surface area contributed by atoms with Crippen molar-refractivity contribution in [3.05, 3.63) is 54.5 Å². The van der Waals surface area contributed by atoms with Crippen LogP contribution in [-0.2, 0) is 0 Å². The van der Waals surface area contributed by atoms with E-state index in [2.05, 4.69) is 21.9 Å². The van der Waals surface area contributed by atoms with Gasteiger partial charge in [-0.25, -0.2) is 4.98 Å². The molecule has 6 heteroatoms. The summed E-state index contributed by atoms with van der Waals surface area (Å²) in [5.74, 6) is 1.19. The predicted octanol–water partition coefficient (Wildman–Crippen LogP) is 2.09. The Morgan fingerprint density at radius 2 is 1.96 bits per heavy atom. The van der Waals surface area contributed by atoms with Gasteiger partial charge in [0.2, 0.25) is 5.88 Å². The van der Waals surface area contributed by atoms with Crippen LogP contribution in [0.25, 0.3) is 0 Å². The van der Waals surface area contributed by atoms with Crippen molar-refractivity contribution in [2.75, 3.05) is 33.3 Å². The van der Waals surface area contributed by atoms with Crippen molar-refractivity contribution in [2.45, 2.75) is 18.4 Å². The summed E-state index contributed by atoms with van der Waals surface area (Å²) in [5, 5.41) is 0. The first-order valence-electron chi connectivity index (χ1n) is 9.12. The van der Waals surface area contributed by atoms with Gasteiger partial charge in [0.05, 0.1) is 12.1 Å². The lowest BCUT2D eigenvalue weighted by atomic mass is 9.75. The van der Waals surface area contributed by atoms with Crippen LogP contribution < -0.4 is 4.74 Å². The normalized spacial score (nSPS) is 22.0. The van der Waals surface area contributed by atoms with Crippen LogP contribution in [0, 0.1) is 5.92 Å². The Morgan fingerprint density at radius 1 is 1.19 bits per heavy atom. The molecule has 0 saturated carbocycles. The number of rotatable bonds is 4. The Hall–Kier alpha value is -2.47. The van der Waals surface area contributed by atoms with E-state index in [1.807, 2.05) is 35.2 Å². The van der Waals surface area contributed by atoms with Gasteiger partial charge < -0.3 is 9.64 Å². The molecule has 0 aliphatic carbocycles. The summed E-state index contributed by atoms with van der Waals surface area (Å²) in [5.41, 5.74) is 0.594. The number of ether oxygens (including phenoxy) is 1. The summed E-state index contributed by atoms with van der Waals surface area (Å²) in [6.07, 6.45) is 5.57. The third-order valence-corrected chi connectivity index (χ3v) is 5.60. The molecule has 2 aliphatic heterocycles. The molecule has 26 heavy (non-hydrogen) atoms. The Balaban J connectivity index is 1.35. The summed E-state index contributed by atoms with van der Waals surface area (Å²) < 4.78 is 5.87. The SMILES string of the molecule is CN1CC[C@H](COc2ccccn2)CC12CN(C(=O)c1ccccn1)C2. The van der Waals surface area contributed by atoms with Crippen molar-refractivity contribution in [3.63, 3.8) is 0 Å². The van der Waals surface area contributed by atoms with Crippen molar-refractivity contribution in [3.8, 4) is 5.88 Å². The second-order valence-electron chi connectivity index (χ2n) is 7.36. The molecule has 136 valence electrons. The van der Waals surface area contributed by atoms with E-state index in [1.165, 1.54) is 0 Å². The topological polar surface area (TPSA) is 58.6 Å². The molecule has 4 heterocycles. The van der Waals surface area contributed by atoms with E-state index >= 15 is 0 Å². The number of hydrogen-bond acceptors (Lipinski definition) is 5. The van der Waals surface area contributed by atoms with E-state index in [4.69, 9.17) is 4.74 Å². The van der Waals surface area contributed by atoms with Crippen LogP contribution in [0.4, 0.5) is 0 Å². The van der Waals surface area contributed by atoms with E-state index in [1.54, 1.807) is 18.5 Å². The molecule has 2 aliphatic rings. The first-order chi connectivity index (χ1) is 12.7. The highest BCUT2D eigenvalue weighted by Gasteiger charge is 2.51. The molecule has 1 atom stereocenters. The summed E-state index contributed by atoms with van der Waals surface area (Å²) in [6.45, 7) is 3.24. The van der Waals surface area contributed by atoms with Crippen LogP contribution >= 0.6 is 0 Å². The van der Waals surface area contributed by atoms with Crippen LogP contribution in [0.3, 0.4) is 0 Å². The van der Waals surface area contributed by atoms with E-state index < -0.39 is 0 Å². The van der Waals surface area contributed by atoms with Crippen LogP contribution in [0.5, 0.6) is 5.88 Å². The molecule has 0 aromatic carbocycles. The maximum absolute atomic E-state index is 12.6. The van der Waals surface area contributed by atoms with Gasteiger partial charge in [0.15, 0.2) is 0 Å². The molecule has 4 rings (SSSR count).